The van der Waals surface area contributed by atoms with Crippen LogP contribution in [0.2, 0.25) is 0 Å². The van der Waals surface area contributed by atoms with Crippen LogP contribution in [0.1, 0.15) is 17.4 Å². The van der Waals surface area contributed by atoms with Crippen molar-refractivity contribution in [2.75, 3.05) is 6.61 Å². The number of fused-ring (bicyclic) bond motifs is 3. The molecule has 3 aromatic rings. The molecular weight excluding hydrogens is 220 g/mol. The van der Waals surface area contributed by atoms with Gasteiger partial charge in [-0.2, -0.15) is 0 Å². The number of ether oxygens (including phenoxy) is 1. The molecule has 86 valence electrons. The molecule has 0 unspecified atom stereocenters. The van der Waals surface area contributed by atoms with Gasteiger partial charge in [0.25, 0.3) is 0 Å². The maximum absolute atomic E-state index is 11.5. The molecule has 0 amide bonds. The first-order valence-corrected chi connectivity index (χ1v) is 5.34. The molecule has 0 saturated heterocycles. The van der Waals surface area contributed by atoms with Gasteiger partial charge < -0.3 is 9.26 Å². The predicted molar refractivity (Wildman–Crippen MR) is 60.9 cm³/mol. The van der Waals surface area contributed by atoms with Crippen molar-refractivity contribution < 1.29 is 14.1 Å². The molecule has 2 aromatic heterocycles. The Morgan fingerprint density at radius 3 is 3.12 bits per heavy atom. The van der Waals surface area contributed by atoms with Crippen LogP contribution in [-0.4, -0.2) is 22.4 Å². The van der Waals surface area contributed by atoms with E-state index in [9.17, 15) is 4.79 Å². The average Bonchev–Trinajstić information content (AvgIpc) is 2.86. The molecule has 0 N–H and O–H groups in total. The minimum atomic E-state index is -0.435. The summed E-state index contributed by atoms with van der Waals surface area (Å²) in [5, 5.41) is 4.97. The van der Waals surface area contributed by atoms with Gasteiger partial charge in [-0.05, 0) is 19.1 Å². The smallest absolute Gasteiger partial charge is 0.358 e. The zero-order valence-electron chi connectivity index (χ0n) is 9.21. The normalized spacial score (nSPS) is 11.1. The summed E-state index contributed by atoms with van der Waals surface area (Å²) in [6.07, 6.45) is 0. The van der Waals surface area contributed by atoms with Crippen LogP contribution in [0, 0.1) is 0 Å². The van der Waals surface area contributed by atoms with Crippen LogP contribution < -0.4 is 0 Å². The number of para-hydroxylation sites is 1. The molecule has 2 heterocycles. The van der Waals surface area contributed by atoms with E-state index in [0.29, 0.717) is 6.61 Å². The summed E-state index contributed by atoms with van der Waals surface area (Å²) in [6.45, 7) is 2.09. The fourth-order valence-corrected chi connectivity index (χ4v) is 1.77. The molecule has 0 fully saturated rings. The highest BCUT2D eigenvalue weighted by Gasteiger charge is 2.15. The first-order valence-electron chi connectivity index (χ1n) is 5.34. The molecule has 0 spiro atoms. The quantitative estimate of drug-likeness (QED) is 0.633. The first-order chi connectivity index (χ1) is 8.29. The van der Waals surface area contributed by atoms with E-state index in [1.165, 1.54) is 4.69 Å². The minimum absolute atomic E-state index is 0.261. The van der Waals surface area contributed by atoms with Crippen LogP contribution in [0.25, 0.3) is 16.5 Å². The number of benzene rings is 1. The maximum atomic E-state index is 11.5. The van der Waals surface area contributed by atoms with E-state index in [-0.39, 0.29) is 5.69 Å². The standard InChI is InChI=1S/C12H10N2O3/c1-2-16-12(15)9-7-10-8-5-3-4-6-11(8)17-14(10)13-9/h3-7H,2H2,1H3. The number of esters is 1. The van der Waals surface area contributed by atoms with Gasteiger partial charge in [0.15, 0.2) is 11.3 Å². The Morgan fingerprint density at radius 2 is 2.29 bits per heavy atom. The average molecular weight is 230 g/mol. The molecule has 0 radical (unpaired) electrons. The van der Waals surface area contributed by atoms with Gasteiger partial charge in [-0.25, -0.2) is 4.79 Å². The van der Waals surface area contributed by atoms with Crippen molar-refractivity contribution in [1.82, 2.24) is 9.79 Å². The topological polar surface area (TPSA) is 56.7 Å². The summed E-state index contributed by atoms with van der Waals surface area (Å²) >= 11 is 0. The molecule has 3 rings (SSSR count). The SMILES string of the molecule is CCOC(=O)c1cc2c3ccccc3on2n1. The molecule has 0 bridgehead atoms. The van der Waals surface area contributed by atoms with E-state index < -0.39 is 5.97 Å². The Balaban J connectivity index is 2.17. The number of nitrogens with zero attached hydrogens (tertiary/aromatic N) is 2. The highest BCUT2D eigenvalue weighted by molar-refractivity contribution is 5.96. The number of aromatic nitrogens is 2. The van der Waals surface area contributed by atoms with Gasteiger partial charge in [-0.3, -0.25) is 0 Å². The van der Waals surface area contributed by atoms with E-state index in [1.807, 2.05) is 24.3 Å². The molecule has 5 nitrogen and oxygen atoms in total. The number of hydrogen-bond acceptors (Lipinski definition) is 4. The van der Waals surface area contributed by atoms with Crippen molar-refractivity contribution in [3.63, 3.8) is 0 Å². The Labute approximate surface area is 96.5 Å². The molecule has 17 heavy (non-hydrogen) atoms. The molecule has 0 aliphatic carbocycles. The van der Waals surface area contributed by atoms with E-state index >= 15 is 0 Å². The summed E-state index contributed by atoms with van der Waals surface area (Å²) < 4.78 is 11.7. The molecule has 0 saturated carbocycles. The number of rotatable bonds is 2. The van der Waals surface area contributed by atoms with Crippen LogP contribution >= 0.6 is 0 Å². The number of carbonyl (C=O) groups is 1. The number of hydrogen-bond donors (Lipinski definition) is 0. The van der Waals surface area contributed by atoms with Crippen molar-refractivity contribution in [2.24, 2.45) is 0 Å². The van der Waals surface area contributed by atoms with E-state index in [4.69, 9.17) is 9.26 Å². The Bertz CT molecular complexity index is 696. The largest absolute Gasteiger partial charge is 0.461 e. The van der Waals surface area contributed by atoms with Gasteiger partial charge >= 0.3 is 5.97 Å². The first kappa shape index (κ1) is 9.89. The van der Waals surface area contributed by atoms with Gasteiger partial charge in [-0.15, -0.1) is 5.10 Å². The molecule has 5 heteroatoms. The van der Waals surface area contributed by atoms with Crippen LogP contribution in [0.15, 0.2) is 34.9 Å². The maximum Gasteiger partial charge on any atom is 0.358 e. The third-order valence-corrected chi connectivity index (χ3v) is 2.51. The van der Waals surface area contributed by atoms with Gasteiger partial charge in [0, 0.05) is 11.5 Å². The monoisotopic (exact) mass is 230 g/mol. The second-order valence-electron chi connectivity index (χ2n) is 3.60. The lowest BCUT2D eigenvalue weighted by Gasteiger charge is -1.95. The van der Waals surface area contributed by atoms with Gasteiger partial charge in [0.05, 0.1) is 6.61 Å². The Hall–Kier alpha value is -2.30. The number of carbonyl (C=O) groups excluding carboxylic acids is 1. The highest BCUT2D eigenvalue weighted by Crippen LogP contribution is 2.22. The summed E-state index contributed by atoms with van der Waals surface area (Å²) in [5.74, 6) is -0.435. The van der Waals surface area contributed by atoms with E-state index in [2.05, 4.69) is 5.10 Å². The van der Waals surface area contributed by atoms with Crippen LogP contribution in [-0.2, 0) is 4.74 Å². The second kappa shape index (κ2) is 3.62. The summed E-state index contributed by atoms with van der Waals surface area (Å²) in [7, 11) is 0. The fraction of sp³-hybridized carbons (Fsp3) is 0.167. The van der Waals surface area contributed by atoms with Crippen molar-refractivity contribution >= 4 is 22.5 Å². The summed E-state index contributed by atoms with van der Waals surface area (Å²) in [5.41, 5.74) is 1.77. The van der Waals surface area contributed by atoms with Crippen LogP contribution in [0.3, 0.4) is 0 Å². The zero-order chi connectivity index (χ0) is 11.8. The molecule has 0 aliphatic rings. The second-order valence-corrected chi connectivity index (χ2v) is 3.60. The van der Waals surface area contributed by atoms with E-state index in [1.54, 1.807) is 13.0 Å². The minimum Gasteiger partial charge on any atom is -0.461 e. The fourth-order valence-electron chi connectivity index (χ4n) is 1.77. The Kier molecular flexibility index (Phi) is 2.11. The lowest BCUT2D eigenvalue weighted by molar-refractivity contribution is 0.0517. The van der Waals surface area contributed by atoms with Crippen molar-refractivity contribution in [1.29, 1.82) is 0 Å². The highest BCUT2D eigenvalue weighted by atomic mass is 16.5. The van der Waals surface area contributed by atoms with Crippen molar-refractivity contribution in [3.05, 3.63) is 36.0 Å². The van der Waals surface area contributed by atoms with Crippen molar-refractivity contribution in [3.8, 4) is 0 Å². The third kappa shape index (κ3) is 1.47. The summed E-state index contributed by atoms with van der Waals surface area (Å²) in [4.78, 5) is 11.5. The summed E-state index contributed by atoms with van der Waals surface area (Å²) in [6, 6.07) is 9.25. The molecule has 1 aromatic carbocycles. The Morgan fingerprint density at radius 1 is 1.47 bits per heavy atom. The predicted octanol–water partition coefficient (Wildman–Crippen LogP) is 2.26. The molecule has 0 aliphatic heterocycles. The molecular formula is C12H10N2O3. The van der Waals surface area contributed by atoms with E-state index in [0.717, 1.165) is 16.5 Å². The lowest BCUT2D eigenvalue weighted by atomic mass is 10.2. The lowest BCUT2D eigenvalue weighted by Crippen LogP contribution is -2.05. The van der Waals surface area contributed by atoms with Crippen LogP contribution in [0.4, 0.5) is 0 Å². The molecule has 0 atom stereocenters. The van der Waals surface area contributed by atoms with Gasteiger partial charge in [0.1, 0.15) is 5.52 Å². The van der Waals surface area contributed by atoms with Gasteiger partial charge in [0.2, 0.25) is 0 Å². The van der Waals surface area contributed by atoms with Crippen molar-refractivity contribution in [2.45, 2.75) is 6.92 Å². The van der Waals surface area contributed by atoms with Gasteiger partial charge in [-0.1, -0.05) is 16.8 Å². The third-order valence-electron chi connectivity index (χ3n) is 2.51. The zero-order valence-corrected chi connectivity index (χ0v) is 9.21. The van der Waals surface area contributed by atoms with Crippen LogP contribution in [0.5, 0.6) is 0 Å².